The van der Waals surface area contributed by atoms with Crippen LogP contribution in [0.25, 0.3) is 0 Å². The second-order valence-corrected chi connectivity index (χ2v) is 6.52. The van der Waals surface area contributed by atoms with Gasteiger partial charge in [0, 0.05) is 11.1 Å². The van der Waals surface area contributed by atoms with Gasteiger partial charge in [0.25, 0.3) is 0 Å². The van der Waals surface area contributed by atoms with Gasteiger partial charge in [-0.3, -0.25) is 0 Å². The van der Waals surface area contributed by atoms with Crippen molar-refractivity contribution in [3.63, 3.8) is 0 Å². The van der Waals surface area contributed by atoms with E-state index in [-0.39, 0.29) is 11.1 Å². The van der Waals surface area contributed by atoms with E-state index >= 15 is 0 Å². The summed E-state index contributed by atoms with van der Waals surface area (Å²) in [6.45, 7) is 12.6. The van der Waals surface area contributed by atoms with Gasteiger partial charge in [-0.25, -0.2) is 9.59 Å². The lowest BCUT2D eigenvalue weighted by Crippen LogP contribution is -2.42. The number of aliphatic hydroxyl groups is 1. The molecule has 4 atom stereocenters. The first kappa shape index (κ1) is 18.2. The molecule has 0 aromatic carbocycles. The second kappa shape index (κ2) is 7.18. The highest BCUT2D eigenvalue weighted by Gasteiger charge is 2.47. The quantitative estimate of drug-likeness (QED) is 0.478. The number of hydrogen-bond donors (Lipinski definition) is 1. The molecule has 5 nitrogen and oxygen atoms in total. The summed E-state index contributed by atoms with van der Waals surface area (Å²) in [6.07, 6.45) is 2.71. The fourth-order valence-electron chi connectivity index (χ4n) is 2.96. The van der Waals surface area contributed by atoms with Crippen LogP contribution in [0.4, 0.5) is 0 Å². The van der Waals surface area contributed by atoms with Crippen LogP contribution < -0.4 is 0 Å². The van der Waals surface area contributed by atoms with E-state index in [9.17, 15) is 14.7 Å². The fourth-order valence-corrected chi connectivity index (χ4v) is 2.96. The highest BCUT2D eigenvalue weighted by atomic mass is 16.6. The van der Waals surface area contributed by atoms with Crippen LogP contribution in [0, 0.1) is 5.92 Å². The van der Waals surface area contributed by atoms with Crippen LogP contribution in [0.3, 0.4) is 0 Å². The predicted octanol–water partition coefficient (Wildman–Crippen LogP) is 2.62. The van der Waals surface area contributed by atoms with Gasteiger partial charge in [0.05, 0.1) is 5.92 Å². The third kappa shape index (κ3) is 3.67. The first-order valence-corrected chi connectivity index (χ1v) is 8.00. The normalized spacial score (nSPS) is 35.0. The van der Waals surface area contributed by atoms with E-state index in [4.69, 9.17) is 9.47 Å². The monoisotopic (exact) mass is 332 g/mol. The van der Waals surface area contributed by atoms with E-state index in [1.165, 1.54) is 6.92 Å². The molecule has 1 N–H and O–H groups in total. The molecule has 0 spiro atoms. The van der Waals surface area contributed by atoms with Crippen molar-refractivity contribution in [2.24, 2.45) is 5.92 Å². The molecule has 130 valence electrons. The molecule has 5 heteroatoms. The largest absolute Gasteiger partial charge is 0.455 e. The average Bonchev–Trinajstić information content (AvgIpc) is 2.77. The van der Waals surface area contributed by atoms with Crippen molar-refractivity contribution >= 4 is 11.9 Å². The number of aliphatic hydroxyl groups excluding tert-OH is 1. The van der Waals surface area contributed by atoms with Gasteiger partial charge >= 0.3 is 11.9 Å². The van der Waals surface area contributed by atoms with E-state index < -0.39 is 36.2 Å². The van der Waals surface area contributed by atoms with Crippen molar-refractivity contribution in [2.45, 2.75) is 51.9 Å². The highest BCUT2D eigenvalue weighted by molar-refractivity contribution is 5.92. The molecule has 0 radical (unpaired) electrons. The molecule has 0 unspecified atom stereocenters. The Morgan fingerprint density at radius 1 is 1.42 bits per heavy atom. The summed E-state index contributed by atoms with van der Waals surface area (Å²) in [7, 11) is 0. The van der Waals surface area contributed by atoms with Gasteiger partial charge in [-0.05, 0) is 45.3 Å². The summed E-state index contributed by atoms with van der Waals surface area (Å²) in [5.41, 5.74) is 2.18. The van der Waals surface area contributed by atoms with Crippen molar-refractivity contribution in [3.05, 3.63) is 47.6 Å². The average molecular weight is 332 g/mol. The zero-order chi connectivity index (χ0) is 18.0. The molecule has 1 aliphatic heterocycles. The summed E-state index contributed by atoms with van der Waals surface area (Å²) in [5, 5.41) is 10.7. The lowest BCUT2D eigenvalue weighted by atomic mass is 9.84. The van der Waals surface area contributed by atoms with Crippen LogP contribution in [0.2, 0.25) is 0 Å². The zero-order valence-electron chi connectivity index (χ0n) is 14.4. The van der Waals surface area contributed by atoms with Crippen molar-refractivity contribution < 1.29 is 24.2 Å². The Hall–Kier alpha value is -2.14. The maximum absolute atomic E-state index is 12.0. The van der Waals surface area contributed by atoms with Gasteiger partial charge < -0.3 is 14.6 Å². The smallest absolute Gasteiger partial charge is 0.334 e. The van der Waals surface area contributed by atoms with Crippen LogP contribution in [-0.4, -0.2) is 35.4 Å². The molecule has 2 aliphatic rings. The van der Waals surface area contributed by atoms with E-state index in [2.05, 4.69) is 13.2 Å². The van der Waals surface area contributed by atoms with E-state index in [0.29, 0.717) is 5.57 Å². The maximum Gasteiger partial charge on any atom is 0.334 e. The number of allylic oxidation sites excluding steroid dienone is 2. The van der Waals surface area contributed by atoms with Crippen LogP contribution in [0.15, 0.2) is 47.6 Å². The van der Waals surface area contributed by atoms with Crippen LogP contribution in [-0.2, 0) is 19.1 Å². The Morgan fingerprint density at radius 3 is 2.71 bits per heavy atom. The molecule has 0 saturated carbocycles. The molecular formula is C19H24O5. The van der Waals surface area contributed by atoms with Crippen LogP contribution in [0.5, 0.6) is 0 Å². The third-order valence-electron chi connectivity index (χ3n) is 4.44. The van der Waals surface area contributed by atoms with Gasteiger partial charge in [0.1, 0.15) is 18.3 Å². The summed E-state index contributed by atoms with van der Waals surface area (Å²) in [4.78, 5) is 24.0. The molecule has 1 aliphatic carbocycles. The number of hydrogen-bond acceptors (Lipinski definition) is 5. The number of rotatable bonds is 2. The molecule has 2 rings (SSSR count). The van der Waals surface area contributed by atoms with E-state index in [1.54, 1.807) is 6.92 Å². The summed E-state index contributed by atoms with van der Waals surface area (Å²) in [5.74, 6) is -1.78. The van der Waals surface area contributed by atoms with Gasteiger partial charge in [-0.1, -0.05) is 24.8 Å². The molecule has 1 heterocycles. The minimum Gasteiger partial charge on any atom is -0.455 e. The van der Waals surface area contributed by atoms with E-state index in [0.717, 1.165) is 18.4 Å². The number of carbonyl (C=O) groups is 2. The summed E-state index contributed by atoms with van der Waals surface area (Å²) >= 11 is 0. The van der Waals surface area contributed by atoms with Gasteiger partial charge in [-0.15, -0.1) is 0 Å². The molecule has 0 aromatic rings. The van der Waals surface area contributed by atoms with Crippen molar-refractivity contribution in [1.29, 1.82) is 0 Å². The van der Waals surface area contributed by atoms with Gasteiger partial charge in [-0.2, -0.15) is 0 Å². The third-order valence-corrected chi connectivity index (χ3v) is 4.44. The maximum atomic E-state index is 12.0. The SMILES string of the molecule is C=C(C)C(=O)O[C@H]1[C@H]2C(=C)C(=O)O[C@@H]2/C=C(\C)CC/C=C(\C)[C@H]1O. The topological polar surface area (TPSA) is 72.8 Å². The van der Waals surface area contributed by atoms with Crippen LogP contribution >= 0.6 is 0 Å². The first-order chi connectivity index (χ1) is 11.2. The van der Waals surface area contributed by atoms with Gasteiger partial charge in [0.15, 0.2) is 0 Å². The molecule has 0 aromatic heterocycles. The Balaban J connectivity index is 2.47. The molecular weight excluding hydrogens is 308 g/mol. The molecule has 1 fully saturated rings. The number of fused-ring (bicyclic) bond motifs is 1. The standard InChI is InChI=1S/C19H24O5/c1-10(2)18(21)24-17-15-13(5)19(22)23-14(15)9-11(3)7-6-8-12(4)16(17)20/h8-9,14-17,20H,1,5-7H2,2-4H3/b11-9+,12-8+/t14-,15+,16-,17+/m1/s1. The summed E-state index contributed by atoms with van der Waals surface area (Å²) < 4.78 is 10.9. The van der Waals surface area contributed by atoms with E-state index in [1.807, 2.05) is 19.1 Å². The Bertz CT molecular complexity index is 640. The molecule has 1 saturated heterocycles. The lowest BCUT2D eigenvalue weighted by Gasteiger charge is -2.31. The second-order valence-electron chi connectivity index (χ2n) is 6.52. The summed E-state index contributed by atoms with van der Waals surface area (Å²) in [6, 6.07) is 0. The molecule has 24 heavy (non-hydrogen) atoms. The predicted molar refractivity (Wildman–Crippen MR) is 90.0 cm³/mol. The Labute approximate surface area is 142 Å². The fraction of sp³-hybridized carbons (Fsp3) is 0.474. The minimum atomic E-state index is -1.04. The Kier molecular flexibility index (Phi) is 5.44. The first-order valence-electron chi connectivity index (χ1n) is 8.00. The van der Waals surface area contributed by atoms with Crippen molar-refractivity contribution in [2.75, 3.05) is 0 Å². The molecule has 0 amide bonds. The number of esters is 2. The number of carbonyl (C=O) groups excluding carboxylic acids is 2. The number of ether oxygens (including phenoxy) is 2. The lowest BCUT2D eigenvalue weighted by molar-refractivity contribution is -0.153. The van der Waals surface area contributed by atoms with Crippen molar-refractivity contribution in [1.82, 2.24) is 0 Å². The zero-order valence-corrected chi connectivity index (χ0v) is 14.4. The molecule has 0 bridgehead atoms. The highest BCUT2D eigenvalue weighted by Crippen LogP contribution is 2.36. The van der Waals surface area contributed by atoms with Gasteiger partial charge in [0.2, 0.25) is 0 Å². The Morgan fingerprint density at radius 2 is 2.08 bits per heavy atom. The minimum absolute atomic E-state index is 0.205. The van der Waals surface area contributed by atoms with Crippen molar-refractivity contribution in [3.8, 4) is 0 Å². The van der Waals surface area contributed by atoms with Crippen LogP contribution in [0.1, 0.15) is 33.6 Å².